The number of nitrogens with zero attached hydrogens (tertiary/aromatic N) is 2. The van der Waals surface area contributed by atoms with E-state index in [-0.39, 0.29) is 5.41 Å². The number of benzene rings is 2. The van der Waals surface area contributed by atoms with Crippen LogP contribution >= 0.6 is 11.6 Å². The molecule has 2 aliphatic heterocycles. The van der Waals surface area contributed by atoms with Gasteiger partial charge in [-0.1, -0.05) is 37.6 Å². The Bertz CT molecular complexity index is 1550. The number of carboxylic acids is 1. The Morgan fingerprint density at radius 3 is 2.64 bits per heavy atom. The smallest absolute Gasteiger partial charge is 0.337 e. The number of carboxylic acid groups (broad SMARTS) is 1. The maximum Gasteiger partial charge on any atom is 0.337 e. The lowest BCUT2D eigenvalue weighted by Crippen LogP contribution is -2.43. The second kappa shape index (κ2) is 11.3. The summed E-state index contributed by atoms with van der Waals surface area (Å²) in [5, 5.41) is 11.2. The van der Waals surface area contributed by atoms with Crippen molar-refractivity contribution in [3.8, 4) is 16.9 Å². The summed E-state index contributed by atoms with van der Waals surface area (Å²) in [6, 6.07) is 9.32. The Hall–Kier alpha value is -3.00. The number of fused-ring (bicyclic) bond motifs is 2. The Balaban J connectivity index is 1.79. The van der Waals surface area contributed by atoms with Crippen LogP contribution in [0.2, 0.25) is 5.02 Å². The third-order valence-electron chi connectivity index (χ3n) is 8.13. The van der Waals surface area contributed by atoms with Gasteiger partial charge >= 0.3 is 5.97 Å². The summed E-state index contributed by atoms with van der Waals surface area (Å²) in [4.78, 5) is 20.3. The van der Waals surface area contributed by atoms with Gasteiger partial charge in [0.05, 0.1) is 17.9 Å². The van der Waals surface area contributed by atoms with E-state index in [9.17, 15) is 9.90 Å². The highest BCUT2D eigenvalue weighted by Gasteiger charge is 2.40. The van der Waals surface area contributed by atoms with Gasteiger partial charge in [0.1, 0.15) is 0 Å². The van der Waals surface area contributed by atoms with E-state index >= 15 is 4.39 Å². The fraction of sp³-hybridized carbons (Fsp3) is 0.471. The molecular weight excluding hydrogens is 555 g/mol. The largest absolute Gasteiger partial charge is 0.490 e. The summed E-state index contributed by atoms with van der Waals surface area (Å²) in [6.45, 7) is 16.0. The Kier molecular flexibility index (Phi) is 8.16. The zero-order chi connectivity index (χ0) is 30.6. The number of aliphatic carboxylic acids is 1. The summed E-state index contributed by atoms with van der Waals surface area (Å²) >= 11 is 6.31. The number of rotatable bonds is 6. The van der Waals surface area contributed by atoms with Gasteiger partial charge in [0.25, 0.3) is 0 Å². The second-order valence-electron chi connectivity index (χ2n) is 13.2. The van der Waals surface area contributed by atoms with Crippen LogP contribution in [0.1, 0.15) is 86.3 Å². The molecule has 6 nitrogen and oxygen atoms in total. The highest BCUT2D eigenvalue weighted by molar-refractivity contribution is 6.30. The molecule has 0 radical (unpaired) electrons. The molecule has 0 aliphatic carbocycles. The number of hydrogen-bond donors (Lipinski definition) is 1. The first-order valence-corrected chi connectivity index (χ1v) is 14.9. The average molecular weight is 595 g/mol. The standard InChI is InChI=1S/C34H40ClFN2O4/c1-19-23-12-9-13-41-29(23)26(36)15-24(19)28-25-17-38(16-21-10-8-11-22(35)14-21)18-34(6,7)31(25)37-20(2)27(28)30(32(39)40)42-33(3,4)5/h8,10-11,14-15,30H,9,12-13,16-18H2,1-7H3,(H,39,40)/t30-/m0/s1. The van der Waals surface area contributed by atoms with E-state index in [1.165, 1.54) is 6.07 Å². The number of hydrogen-bond acceptors (Lipinski definition) is 5. The fourth-order valence-corrected chi connectivity index (χ4v) is 6.73. The molecule has 8 heteroatoms. The number of ether oxygens (including phenoxy) is 2. The molecular formula is C34H40ClFN2O4. The quantitative estimate of drug-likeness (QED) is 0.315. The number of aryl methyl sites for hydroxylation is 1. The van der Waals surface area contributed by atoms with Crippen molar-refractivity contribution < 1.29 is 23.8 Å². The molecule has 0 saturated heterocycles. The normalized spacial score (nSPS) is 17.3. The minimum absolute atomic E-state index is 0.298. The monoisotopic (exact) mass is 594 g/mol. The van der Waals surface area contributed by atoms with Gasteiger partial charge in [0.15, 0.2) is 17.7 Å². The van der Waals surface area contributed by atoms with Crippen LogP contribution in [0.15, 0.2) is 30.3 Å². The predicted molar refractivity (Wildman–Crippen MR) is 163 cm³/mol. The molecule has 0 unspecified atom stereocenters. The highest BCUT2D eigenvalue weighted by atomic mass is 35.5. The first-order chi connectivity index (χ1) is 19.7. The van der Waals surface area contributed by atoms with Crippen molar-refractivity contribution in [2.24, 2.45) is 0 Å². The summed E-state index contributed by atoms with van der Waals surface area (Å²) in [5.41, 5.74) is 5.90. The third kappa shape index (κ3) is 5.92. The van der Waals surface area contributed by atoms with Crippen LogP contribution in [-0.4, -0.2) is 39.7 Å². The summed E-state index contributed by atoms with van der Waals surface area (Å²) < 4.78 is 27.7. The Labute approximate surface area is 252 Å². The number of aromatic nitrogens is 1. The van der Waals surface area contributed by atoms with E-state index in [2.05, 4.69) is 24.8 Å². The van der Waals surface area contributed by atoms with Gasteiger partial charge in [-0.05, 0) is 93.5 Å². The second-order valence-corrected chi connectivity index (χ2v) is 13.6. The molecule has 0 spiro atoms. The SMILES string of the molecule is Cc1nc2c(c(-c3cc(F)c4c(c3C)CCCO4)c1[C@H](OC(C)(C)C)C(=O)O)CN(Cc1cccc(Cl)c1)CC2(C)C. The Morgan fingerprint density at radius 1 is 1.24 bits per heavy atom. The molecule has 1 N–H and O–H groups in total. The highest BCUT2D eigenvalue weighted by Crippen LogP contribution is 2.47. The zero-order valence-corrected chi connectivity index (χ0v) is 26.3. The van der Waals surface area contributed by atoms with Crippen molar-refractivity contribution in [2.75, 3.05) is 13.2 Å². The summed E-state index contributed by atoms with van der Waals surface area (Å²) in [7, 11) is 0. The molecule has 0 saturated carbocycles. The van der Waals surface area contributed by atoms with Crippen LogP contribution in [0.25, 0.3) is 11.1 Å². The minimum atomic E-state index is -1.29. The van der Waals surface area contributed by atoms with Gasteiger partial charge in [-0.25, -0.2) is 9.18 Å². The van der Waals surface area contributed by atoms with Crippen LogP contribution in [-0.2, 0) is 34.5 Å². The van der Waals surface area contributed by atoms with Crippen molar-refractivity contribution in [1.29, 1.82) is 0 Å². The van der Waals surface area contributed by atoms with Gasteiger partial charge < -0.3 is 14.6 Å². The lowest BCUT2D eigenvalue weighted by Gasteiger charge is -2.41. The number of carbonyl (C=O) groups is 1. The van der Waals surface area contributed by atoms with Gasteiger partial charge in [-0.3, -0.25) is 9.88 Å². The molecule has 2 aliphatic rings. The van der Waals surface area contributed by atoms with Crippen molar-refractivity contribution in [1.82, 2.24) is 9.88 Å². The van der Waals surface area contributed by atoms with E-state index in [0.29, 0.717) is 59.3 Å². The van der Waals surface area contributed by atoms with Crippen molar-refractivity contribution >= 4 is 17.6 Å². The van der Waals surface area contributed by atoms with Crippen LogP contribution < -0.4 is 4.74 Å². The van der Waals surface area contributed by atoms with E-state index < -0.39 is 23.5 Å². The molecule has 3 aromatic rings. The molecule has 42 heavy (non-hydrogen) atoms. The van der Waals surface area contributed by atoms with Gasteiger partial charge in [0.2, 0.25) is 0 Å². The van der Waals surface area contributed by atoms with Gasteiger partial charge in [0, 0.05) is 46.9 Å². The van der Waals surface area contributed by atoms with Crippen LogP contribution in [0, 0.1) is 19.7 Å². The van der Waals surface area contributed by atoms with E-state index in [4.69, 9.17) is 26.1 Å². The van der Waals surface area contributed by atoms with Gasteiger partial charge in [-0.15, -0.1) is 0 Å². The fourth-order valence-electron chi connectivity index (χ4n) is 6.52. The Morgan fingerprint density at radius 2 is 1.98 bits per heavy atom. The average Bonchev–Trinajstić information content (AvgIpc) is 2.89. The first-order valence-electron chi connectivity index (χ1n) is 14.5. The van der Waals surface area contributed by atoms with Crippen molar-refractivity contribution in [3.63, 3.8) is 0 Å². The van der Waals surface area contributed by atoms with E-state index in [1.54, 1.807) is 0 Å². The molecule has 224 valence electrons. The first kappa shape index (κ1) is 30.5. The molecule has 3 heterocycles. The molecule has 1 atom stereocenters. The molecule has 1 aromatic heterocycles. The van der Waals surface area contributed by atoms with Crippen LogP contribution in [0.3, 0.4) is 0 Å². The predicted octanol–water partition coefficient (Wildman–Crippen LogP) is 7.72. The lowest BCUT2D eigenvalue weighted by atomic mass is 9.76. The van der Waals surface area contributed by atoms with E-state index in [1.807, 2.05) is 52.8 Å². The van der Waals surface area contributed by atoms with E-state index in [0.717, 1.165) is 40.9 Å². The number of halogens is 2. The molecule has 0 fully saturated rings. The van der Waals surface area contributed by atoms with Crippen LogP contribution in [0.5, 0.6) is 5.75 Å². The van der Waals surface area contributed by atoms with Crippen LogP contribution in [0.4, 0.5) is 4.39 Å². The molecule has 0 amide bonds. The summed E-state index contributed by atoms with van der Waals surface area (Å²) in [6.07, 6.45) is 0.197. The molecule has 0 bridgehead atoms. The summed E-state index contributed by atoms with van der Waals surface area (Å²) in [5.74, 6) is -1.25. The lowest BCUT2D eigenvalue weighted by molar-refractivity contribution is -0.160. The maximum atomic E-state index is 15.7. The molecule has 5 rings (SSSR count). The van der Waals surface area contributed by atoms with Gasteiger partial charge in [-0.2, -0.15) is 0 Å². The zero-order valence-electron chi connectivity index (χ0n) is 25.5. The minimum Gasteiger partial charge on any atom is -0.490 e. The topological polar surface area (TPSA) is 71.9 Å². The molecule has 2 aromatic carbocycles. The van der Waals surface area contributed by atoms with Crippen molar-refractivity contribution in [3.05, 3.63) is 80.4 Å². The van der Waals surface area contributed by atoms with Crippen molar-refractivity contribution in [2.45, 2.75) is 91.5 Å². The third-order valence-corrected chi connectivity index (χ3v) is 8.36. The maximum absolute atomic E-state index is 15.7. The number of pyridine rings is 1.